The second-order valence-corrected chi connectivity index (χ2v) is 9.56. The molecule has 3 heterocycles. The summed E-state index contributed by atoms with van der Waals surface area (Å²) in [5.74, 6) is 0.382. The standard InChI is InChI=1S/C26H33N3O7S/c1-16-22(25(31)36-12-11-32-2)23(19-8-5-9-20(33-3)24(19)34-4)29-17(15-37-26(29)28-16)13-21(30)27-14-18-7-6-10-35-18/h5,8-9,15,18,23H,6-7,10-14H2,1-4H3,(H,27,30)/t18-,23-/m1/s1. The van der Waals surface area contributed by atoms with Crippen LogP contribution in [0.2, 0.25) is 0 Å². The molecule has 1 fully saturated rings. The van der Waals surface area contributed by atoms with Crippen LogP contribution in [-0.4, -0.2) is 75.7 Å². The Morgan fingerprint density at radius 3 is 2.76 bits per heavy atom. The van der Waals surface area contributed by atoms with Crippen LogP contribution in [0.25, 0.3) is 0 Å². The summed E-state index contributed by atoms with van der Waals surface area (Å²) in [5.41, 5.74) is 2.31. The van der Waals surface area contributed by atoms with Crippen molar-refractivity contribution in [3.8, 4) is 11.5 Å². The summed E-state index contributed by atoms with van der Waals surface area (Å²) >= 11 is 1.41. The first kappa shape index (κ1) is 27.0. The molecule has 1 N–H and O–H groups in total. The maximum Gasteiger partial charge on any atom is 0.338 e. The minimum absolute atomic E-state index is 0.0517. The molecule has 1 amide bonds. The van der Waals surface area contributed by atoms with Gasteiger partial charge in [-0.25, -0.2) is 9.79 Å². The molecular formula is C26H33N3O7S. The highest BCUT2D eigenvalue weighted by molar-refractivity contribution is 8.16. The van der Waals surface area contributed by atoms with Gasteiger partial charge in [-0.3, -0.25) is 4.79 Å². The predicted octanol–water partition coefficient (Wildman–Crippen LogP) is 3.15. The Morgan fingerprint density at radius 2 is 2.05 bits per heavy atom. The molecule has 2 atom stereocenters. The van der Waals surface area contributed by atoms with Gasteiger partial charge in [0, 0.05) is 31.5 Å². The van der Waals surface area contributed by atoms with Gasteiger partial charge in [0.05, 0.1) is 50.7 Å². The molecule has 0 aromatic heterocycles. The monoisotopic (exact) mass is 531 g/mol. The molecule has 0 unspecified atom stereocenters. The summed E-state index contributed by atoms with van der Waals surface area (Å²) in [6.45, 7) is 3.37. The van der Waals surface area contributed by atoms with E-state index >= 15 is 0 Å². The largest absolute Gasteiger partial charge is 0.493 e. The van der Waals surface area contributed by atoms with Crippen molar-refractivity contribution in [1.82, 2.24) is 10.2 Å². The normalized spacial score (nSPS) is 20.8. The van der Waals surface area contributed by atoms with E-state index in [1.807, 2.05) is 22.4 Å². The van der Waals surface area contributed by atoms with Crippen molar-refractivity contribution in [2.75, 3.05) is 47.7 Å². The number of carbonyl (C=O) groups is 2. The molecule has 0 aliphatic carbocycles. The van der Waals surface area contributed by atoms with Crippen LogP contribution < -0.4 is 14.8 Å². The summed E-state index contributed by atoms with van der Waals surface area (Å²) < 4.78 is 27.5. The van der Waals surface area contributed by atoms with Crippen molar-refractivity contribution in [2.45, 2.75) is 38.3 Å². The number of nitrogens with one attached hydrogen (secondary N) is 1. The fourth-order valence-corrected chi connectivity index (χ4v) is 5.57. The molecule has 37 heavy (non-hydrogen) atoms. The zero-order valence-corrected chi connectivity index (χ0v) is 22.4. The van der Waals surface area contributed by atoms with Crippen LogP contribution in [0.5, 0.6) is 11.5 Å². The van der Waals surface area contributed by atoms with E-state index in [4.69, 9.17) is 28.7 Å². The molecule has 200 valence electrons. The molecule has 1 aromatic rings. The molecule has 3 aliphatic heterocycles. The number of amides is 1. The van der Waals surface area contributed by atoms with Crippen LogP contribution in [0.4, 0.5) is 0 Å². The van der Waals surface area contributed by atoms with E-state index in [-0.39, 0.29) is 31.6 Å². The van der Waals surface area contributed by atoms with Crippen molar-refractivity contribution >= 4 is 28.8 Å². The molecule has 0 radical (unpaired) electrons. The lowest BCUT2D eigenvalue weighted by atomic mass is 9.92. The Hall–Kier alpha value is -3.02. The van der Waals surface area contributed by atoms with Crippen LogP contribution in [0.1, 0.15) is 37.8 Å². The third kappa shape index (κ3) is 5.94. The van der Waals surface area contributed by atoms with E-state index in [0.717, 1.165) is 25.1 Å². The number of benzene rings is 1. The summed E-state index contributed by atoms with van der Waals surface area (Å²) in [4.78, 5) is 32.9. The second kappa shape index (κ2) is 12.5. The molecule has 0 saturated carbocycles. The summed E-state index contributed by atoms with van der Waals surface area (Å²) in [5, 5.41) is 5.55. The average Bonchev–Trinajstić information content (AvgIpc) is 3.56. The number of carbonyl (C=O) groups excluding carboxylic acids is 2. The van der Waals surface area contributed by atoms with Crippen LogP contribution >= 0.6 is 11.8 Å². The lowest BCUT2D eigenvalue weighted by molar-refractivity contribution is -0.141. The van der Waals surface area contributed by atoms with E-state index in [1.54, 1.807) is 34.3 Å². The number of ether oxygens (including phenoxy) is 5. The number of aliphatic imine (C=N–C) groups is 1. The molecule has 0 spiro atoms. The highest BCUT2D eigenvalue weighted by Gasteiger charge is 2.42. The molecule has 1 aromatic carbocycles. The van der Waals surface area contributed by atoms with E-state index in [9.17, 15) is 9.59 Å². The molecule has 11 heteroatoms. The van der Waals surface area contributed by atoms with E-state index in [0.29, 0.717) is 40.0 Å². The predicted molar refractivity (Wildman–Crippen MR) is 139 cm³/mol. The van der Waals surface area contributed by atoms with Gasteiger partial charge in [0.15, 0.2) is 16.7 Å². The van der Waals surface area contributed by atoms with Crippen molar-refractivity contribution in [3.63, 3.8) is 0 Å². The van der Waals surface area contributed by atoms with E-state index < -0.39 is 12.0 Å². The zero-order valence-electron chi connectivity index (χ0n) is 21.6. The van der Waals surface area contributed by atoms with Gasteiger partial charge in [-0.15, -0.1) is 0 Å². The van der Waals surface area contributed by atoms with Crippen molar-refractivity contribution in [3.05, 3.63) is 46.1 Å². The van der Waals surface area contributed by atoms with Gasteiger partial charge in [-0.2, -0.15) is 0 Å². The number of thioether (sulfide) groups is 1. The van der Waals surface area contributed by atoms with Gasteiger partial charge >= 0.3 is 5.97 Å². The van der Waals surface area contributed by atoms with E-state index in [2.05, 4.69) is 5.32 Å². The minimum Gasteiger partial charge on any atom is -0.493 e. The number of para-hydroxylation sites is 1. The third-order valence-corrected chi connectivity index (χ3v) is 7.25. The van der Waals surface area contributed by atoms with Gasteiger partial charge < -0.3 is 33.9 Å². The van der Waals surface area contributed by atoms with Crippen LogP contribution in [-0.2, 0) is 23.8 Å². The van der Waals surface area contributed by atoms with Gasteiger partial charge in [-0.05, 0) is 31.2 Å². The Labute approximate surface area is 221 Å². The molecule has 4 rings (SSSR count). The summed E-state index contributed by atoms with van der Waals surface area (Å²) in [6.07, 6.45) is 2.12. The molecule has 1 saturated heterocycles. The number of nitrogens with zero attached hydrogens (tertiary/aromatic N) is 2. The third-order valence-electron chi connectivity index (χ3n) is 6.36. The lowest BCUT2D eigenvalue weighted by Gasteiger charge is -2.37. The topological polar surface area (TPSA) is 108 Å². The number of hydrogen-bond acceptors (Lipinski definition) is 10. The SMILES string of the molecule is COCCOC(=O)C1=C(C)N=C2SC=C(CC(=O)NC[C@H]3CCCO3)N2[C@@H]1c1cccc(OC)c1OC. The van der Waals surface area contributed by atoms with Crippen molar-refractivity contribution in [1.29, 1.82) is 0 Å². The fraction of sp³-hybridized carbons (Fsp3) is 0.500. The Bertz CT molecular complexity index is 1110. The number of amidine groups is 1. The number of allylic oxidation sites excluding steroid dienone is 1. The van der Waals surface area contributed by atoms with Crippen molar-refractivity contribution < 1.29 is 33.3 Å². The number of fused-ring (bicyclic) bond motifs is 1. The van der Waals surface area contributed by atoms with Gasteiger partial charge in [0.1, 0.15) is 6.61 Å². The number of hydrogen-bond donors (Lipinski definition) is 1. The molecule has 3 aliphatic rings. The average molecular weight is 532 g/mol. The first-order valence-electron chi connectivity index (χ1n) is 12.2. The van der Waals surface area contributed by atoms with Gasteiger partial charge in [0.25, 0.3) is 0 Å². The highest BCUT2D eigenvalue weighted by atomic mass is 32.2. The smallest absolute Gasteiger partial charge is 0.338 e. The number of rotatable bonds is 11. The lowest BCUT2D eigenvalue weighted by Crippen LogP contribution is -2.39. The quantitative estimate of drug-likeness (QED) is 0.340. The van der Waals surface area contributed by atoms with Crippen molar-refractivity contribution in [2.24, 2.45) is 4.99 Å². The molecule has 0 bridgehead atoms. The van der Waals surface area contributed by atoms with E-state index in [1.165, 1.54) is 11.8 Å². The Kier molecular flexibility index (Phi) is 9.12. The first-order chi connectivity index (χ1) is 18.0. The maximum atomic E-state index is 13.4. The zero-order chi connectivity index (χ0) is 26.4. The van der Waals surface area contributed by atoms with Gasteiger partial charge in [0.2, 0.25) is 5.91 Å². The van der Waals surface area contributed by atoms with Gasteiger partial charge in [-0.1, -0.05) is 23.9 Å². The highest BCUT2D eigenvalue weighted by Crippen LogP contribution is 2.48. The van der Waals surface area contributed by atoms with Crippen LogP contribution in [0.3, 0.4) is 0 Å². The Morgan fingerprint density at radius 1 is 1.22 bits per heavy atom. The number of esters is 1. The first-order valence-corrected chi connectivity index (χ1v) is 13.1. The van der Waals surface area contributed by atoms with Crippen LogP contribution in [0, 0.1) is 0 Å². The Balaban J connectivity index is 1.67. The molecular weight excluding hydrogens is 498 g/mol. The summed E-state index contributed by atoms with van der Waals surface area (Å²) in [7, 11) is 4.66. The fourth-order valence-electron chi connectivity index (χ4n) is 4.61. The number of methoxy groups -OCH3 is 3. The maximum absolute atomic E-state index is 13.4. The molecule has 10 nitrogen and oxygen atoms in total. The summed E-state index contributed by atoms with van der Waals surface area (Å²) in [6, 6.07) is 4.87. The minimum atomic E-state index is -0.639. The van der Waals surface area contributed by atoms with Crippen LogP contribution in [0.15, 0.2) is 45.6 Å². The second-order valence-electron chi connectivity index (χ2n) is 8.72.